The summed E-state index contributed by atoms with van der Waals surface area (Å²) in [7, 11) is 3.41. The fourth-order valence-electron chi connectivity index (χ4n) is 1.14. The Morgan fingerprint density at radius 2 is 2.14 bits per heavy atom. The molecule has 0 aliphatic rings. The first-order valence-corrected chi connectivity index (χ1v) is 4.56. The predicted octanol–water partition coefficient (Wildman–Crippen LogP) is 0.895. The summed E-state index contributed by atoms with van der Waals surface area (Å²) in [6, 6.07) is 3.86. The highest BCUT2D eigenvalue weighted by atomic mass is 16.2. The lowest BCUT2D eigenvalue weighted by Gasteiger charge is -2.15. The number of carbonyl (C=O) groups is 1. The molecule has 0 aromatic carbocycles. The van der Waals surface area contributed by atoms with Gasteiger partial charge in [0.25, 0.3) is 0 Å². The van der Waals surface area contributed by atoms with Gasteiger partial charge in [0.05, 0.1) is 0 Å². The maximum absolute atomic E-state index is 11.1. The molecule has 0 saturated carbocycles. The van der Waals surface area contributed by atoms with Gasteiger partial charge in [0.2, 0.25) is 0 Å². The Bertz CT molecular complexity index is 287. The van der Waals surface area contributed by atoms with E-state index in [4.69, 9.17) is 0 Å². The van der Waals surface area contributed by atoms with Crippen LogP contribution in [0, 0.1) is 0 Å². The first kappa shape index (κ1) is 10.5. The van der Waals surface area contributed by atoms with E-state index in [9.17, 15) is 4.79 Å². The number of carbonyl (C=O) groups excluding carboxylic acids is 1. The van der Waals surface area contributed by atoms with E-state index >= 15 is 0 Å². The zero-order chi connectivity index (χ0) is 10.4. The van der Waals surface area contributed by atoms with Crippen LogP contribution >= 0.6 is 0 Å². The average molecular weight is 193 g/mol. The van der Waals surface area contributed by atoms with Crippen molar-refractivity contribution in [3.63, 3.8) is 0 Å². The Labute approximate surface area is 83.9 Å². The number of hydrogen-bond acceptors (Lipinski definition) is 2. The molecule has 4 nitrogen and oxygen atoms in total. The molecule has 2 amide bonds. The number of hydrogen-bond donors (Lipinski definition) is 1. The molecule has 0 radical (unpaired) electrons. The fraction of sp³-hybridized carbons (Fsp3) is 0.400. The van der Waals surface area contributed by atoms with Crippen LogP contribution in [0.5, 0.6) is 0 Å². The average Bonchev–Trinajstić information content (AvgIpc) is 2.26. The third-order valence-electron chi connectivity index (χ3n) is 2.05. The molecule has 0 fully saturated rings. The fourth-order valence-corrected chi connectivity index (χ4v) is 1.14. The van der Waals surface area contributed by atoms with E-state index in [1.54, 1.807) is 31.4 Å². The molecule has 0 saturated heterocycles. The molecule has 0 aliphatic carbocycles. The third-order valence-corrected chi connectivity index (χ3v) is 2.05. The summed E-state index contributed by atoms with van der Waals surface area (Å²) in [6.07, 6.45) is 4.37. The molecule has 76 valence electrons. The summed E-state index contributed by atoms with van der Waals surface area (Å²) < 4.78 is 0. The number of urea groups is 1. The number of pyridine rings is 1. The van der Waals surface area contributed by atoms with Gasteiger partial charge < -0.3 is 10.2 Å². The second-order valence-corrected chi connectivity index (χ2v) is 3.08. The predicted molar refractivity (Wildman–Crippen MR) is 55.0 cm³/mol. The van der Waals surface area contributed by atoms with Crippen LogP contribution in [0.4, 0.5) is 4.79 Å². The van der Waals surface area contributed by atoms with Crippen LogP contribution in [0.15, 0.2) is 24.5 Å². The smallest absolute Gasteiger partial charge is 0.316 e. The van der Waals surface area contributed by atoms with Crippen LogP contribution in [-0.2, 0) is 6.42 Å². The van der Waals surface area contributed by atoms with Gasteiger partial charge in [-0.05, 0) is 24.1 Å². The maximum atomic E-state index is 11.1. The van der Waals surface area contributed by atoms with Crippen molar-refractivity contribution in [3.05, 3.63) is 30.1 Å². The summed E-state index contributed by atoms with van der Waals surface area (Å²) in [5.41, 5.74) is 1.19. The van der Waals surface area contributed by atoms with E-state index in [1.165, 1.54) is 5.56 Å². The molecular formula is C10H15N3O. The van der Waals surface area contributed by atoms with Crippen molar-refractivity contribution in [1.82, 2.24) is 15.2 Å². The molecule has 0 unspecified atom stereocenters. The first-order valence-electron chi connectivity index (χ1n) is 4.56. The van der Waals surface area contributed by atoms with Crippen molar-refractivity contribution in [1.29, 1.82) is 0 Å². The van der Waals surface area contributed by atoms with Crippen LogP contribution < -0.4 is 5.32 Å². The van der Waals surface area contributed by atoms with E-state index in [1.807, 2.05) is 12.1 Å². The normalized spacial score (nSPS) is 9.57. The van der Waals surface area contributed by atoms with Crippen molar-refractivity contribution in [2.75, 3.05) is 20.6 Å². The zero-order valence-corrected chi connectivity index (χ0v) is 8.53. The molecule has 14 heavy (non-hydrogen) atoms. The summed E-state index contributed by atoms with van der Waals surface area (Å²) >= 11 is 0. The Morgan fingerprint density at radius 1 is 1.50 bits per heavy atom. The summed E-state index contributed by atoms with van der Waals surface area (Å²) in [4.78, 5) is 16.7. The number of nitrogens with one attached hydrogen (secondary N) is 1. The van der Waals surface area contributed by atoms with E-state index in [-0.39, 0.29) is 6.03 Å². The molecule has 0 bridgehead atoms. The van der Waals surface area contributed by atoms with Gasteiger partial charge in [-0.25, -0.2) is 4.79 Å². The maximum Gasteiger partial charge on any atom is 0.316 e. The molecule has 4 heteroatoms. The Hall–Kier alpha value is -1.58. The van der Waals surface area contributed by atoms with Gasteiger partial charge in [0.1, 0.15) is 0 Å². The van der Waals surface area contributed by atoms with Gasteiger partial charge >= 0.3 is 6.03 Å². The Kier molecular flexibility index (Phi) is 3.91. The second kappa shape index (κ2) is 5.21. The van der Waals surface area contributed by atoms with Crippen LogP contribution in [0.25, 0.3) is 0 Å². The van der Waals surface area contributed by atoms with Gasteiger partial charge in [-0.1, -0.05) is 0 Å². The molecule has 1 N–H and O–H groups in total. The largest absolute Gasteiger partial charge is 0.341 e. The standard InChI is InChI=1S/C10H15N3O/c1-11-10(14)13(2)8-5-9-3-6-12-7-4-9/h3-4,6-7H,5,8H2,1-2H3,(H,11,14). The number of nitrogens with zero attached hydrogens (tertiary/aromatic N) is 2. The van der Waals surface area contributed by atoms with Crippen molar-refractivity contribution in [3.8, 4) is 0 Å². The van der Waals surface area contributed by atoms with E-state index in [0.29, 0.717) is 6.54 Å². The minimum Gasteiger partial charge on any atom is -0.341 e. The number of aromatic nitrogens is 1. The zero-order valence-electron chi connectivity index (χ0n) is 8.53. The van der Waals surface area contributed by atoms with Crippen LogP contribution in [-0.4, -0.2) is 36.6 Å². The van der Waals surface area contributed by atoms with Gasteiger partial charge in [0, 0.05) is 33.0 Å². The van der Waals surface area contributed by atoms with Crippen molar-refractivity contribution in [2.45, 2.75) is 6.42 Å². The summed E-state index contributed by atoms with van der Waals surface area (Å²) in [5.74, 6) is 0. The van der Waals surface area contributed by atoms with Gasteiger partial charge in [0.15, 0.2) is 0 Å². The minimum absolute atomic E-state index is 0.0564. The van der Waals surface area contributed by atoms with Gasteiger partial charge in [-0.2, -0.15) is 0 Å². The first-order chi connectivity index (χ1) is 6.74. The molecule has 0 atom stereocenters. The highest BCUT2D eigenvalue weighted by Gasteiger charge is 2.04. The number of amides is 2. The molecule has 0 aliphatic heterocycles. The lowest BCUT2D eigenvalue weighted by molar-refractivity contribution is 0.211. The van der Waals surface area contributed by atoms with E-state index < -0.39 is 0 Å². The molecule has 1 aromatic rings. The van der Waals surface area contributed by atoms with Crippen molar-refractivity contribution < 1.29 is 4.79 Å². The van der Waals surface area contributed by atoms with E-state index in [2.05, 4.69) is 10.3 Å². The SMILES string of the molecule is CNC(=O)N(C)CCc1ccncc1. The van der Waals surface area contributed by atoms with Crippen LogP contribution in [0.1, 0.15) is 5.56 Å². The lowest BCUT2D eigenvalue weighted by Crippen LogP contribution is -2.36. The summed E-state index contributed by atoms with van der Waals surface area (Å²) in [5, 5.41) is 2.58. The molecule has 1 heterocycles. The Balaban J connectivity index is 2.38. The molecular weight excluding hydrogens is 178 g/mol. The van der Waals surface area contributed by atoms with Crippen molar-refractivity contribution in [2.24, 2.45) is 0 Å². The Morgan fingerprint density at radius 3 is 2.71 bits per heavy atom. The third kappa shape index (κ3) is 3.05. The minimum atomic E-state index is -0.0564. The van der Waals surface area contributed by atoms with Crippen molar-refractivity contribution >= 4 is 6.03 Å². The highest BCUT2D eigenvalue weighted by Crippen LogP contribution is 1.98. The quantitative estimate of drug-likeness (QED) is 0.775. The topological polar surface area (TPSA) is 45.2 Å². The molecule has 0 spiro atoms. The second-order valence-electron chi connectivity index (χ2n) is 3.08. The monoisotopic (exact) mass is 193 g/mol. The molecule has 1 rings (SSSR count). The van der Waals surface area contributed by atoms with Gasteiger partial charge in [-0.15, -0.1) is 0 Å². The molecule has 1 aromatic heterocycles. The van der Waals surface area contributed by atoms with Gasteiger partial charge in [-0.3, -0.25) is 4.98 Å². The van der Waals surface area contributed by atoms with Crippen LogP contribution in [0.2, 0.25) is 0 Å². The van der Waals surface area contributed by atoms with Crippen LogP contribution in [0.3, 0.4) is 0 Å². The number of rotatable bonds is 3. The van der Waals surface area contributed by atoms with E-state index in [0.717, 1.165) is 6.42 Å². The summed E-state index contributed by atoms with van der Waals surface area (Å²) in [6.45, 7) is 0.712. The number of likely N-dealkylation sites (N-methyl/N-ethyl adjacent to an activating group) is 1. The highest BCUT2D eigenvalue weighted by molar-refractivity contribution is 5.73. The lowest BCUT2D eigenvalue weighted by atomic mass is 10.2.